The SMILES string of the molecule is CCCCC1CCC(C(=O)NCCCC(C)CN)CC1. The van der Waals surface area contributed by atoms with Crippen molar-refractivity contribution in [1.29, 1.82) is 0 Å². The summed E-state index contributed by atoms with van der Waals surface area (Å²) in [6, 6.07) is 0. The monoisotopic (exact) mass is 282 g/mol. The first-order valence-corrected chi connectivity index (χ1v) is 8.65. The van der Waals surface area contributed by atoms with Crippen molar-refractivity contribution >= 4 is 5.91 Å². The average molecular weight is 282 g/mol. The highest BCUT2D eigenvalue weighted by molar-refractivity contribution is 5.78. The van der Waals surface area contributed by atoms with Gasteiger partial charge in [-0.1, -0.05) is 33.1 Å². The molecule has 1 rings (SSSR count). The molecule has 0 saturated heterocycles. The largest absolute Gasteiger partial charge is 0.356 e. The summed E-state index contributed by atoms with van der Waals surface area (Å²) in [5.74, 6) is 2.02. The third-order valence-electron chi connectivity index (χ3n) is 4.76. The topological polar surface area (TPSA) is 55.1 Å². The first-order valence-electron chi connectivity index (χ1n) is 8.65. The molecule has 0 aromatic carbocycles. The van der Waals surface area contributed by atoms with E-state index in [9.17, 15) is 4.79 Å². The van der Waals surface area contributed by atoms with Crippen LogP contribution in [0.25, 0.3) is 0 Å². The van der Waals surface area contributed by atoms with Gasteiger partial charge < -0.3 is 11.1 Å². The van der Waals surface area contributed by atoms with Crippen molar-refractivity contribution in [2.75, 3.05) is 13.1 Å². The Morgan fingerprint density at radius 2 is 1.95 bits per heavy atom. The minimum Gasteiger partial charge on any atom is -0.356 e. The van der Waals surface area contributed by atoms with Crippen LogP contribution in [0.15, 0.2) is 0 Å². The summed E-state index contributed by atoms with van der Waals surface area (Å²) in [6.45, 7) is 5.98. The summed E-state index contributed by atoms with van der Waals surface area (Å²) in [6.07, 6.45) is 10.9. The Bertz CT molecular complexity index is 260. The number of rotatable bonds is 9. The maximum atomic E-state index is 12.1. The van der Waals surface area contributed by atoms with Gasteiger partial charge in [0.1, 0.15) is 0 Å². The number of nitrogens with one attached hydrogen (secondary N) is 1. The van der Waals surface area contributed by atoms with Gasteiger partial charge in [-0.3, -0.25) is 4.79 Å². The van der Waals surface area contributed by atoms with Crippen molar-refractivity contribution in [2.24, 2.45) is 23.5 Å². The number of hydrogen-bond acceptors (Lipinski definition) is 2. The molecule has 0 spiro atoms. The van der Waals surface area contributed by atoms with Gasteiger partial charge in [0.15, 0.2) is 0 Å². The van der Waals surface area contributed by atoms with E-state index >= 15 is 0 Å². The molecule has 1 aliphatic rings. The number of carbonyl (C=O) groups is 1. The molecule has 1 fully saturated rings. The Labute approximate surface area is 125 Å². The number of nitrogens with two attached hydrogens (primary N) is 1. The molecule has 1 atom stereocenters. The van der Waals surface area contributed by atoms with Crippen LogP contribution in [0.1, 0.15) is 71.6 Å². The summed E-state index contributed by atoms with van der Waals surface area (Å²) < 4.78 is 0. The first-order chi connectivity index (χ1) is 9.67. The van der Waals surface area contributed by atoms with Crippen molar-refractivity contribution in [3.8, 4) is 0 Å². The number of hydrogen-bond donors (Lipinski definition) is 2. The molecule has 1 amide bonds. The van der Waals surface area contributed by atoms with Gasteiger partial charge in [-0.15, -0.1) is 0 Å². The second-order valence-electron chi connectivity index (χ2n) is 6.63. The zero-order valence-corrected chi connectivity index (χ0v) is 13.5. The fraction of sp³-hybridized carbons (Fsp3) is 0.941. The van der Waals surface area contributed by atoms with E-state index < -0.39 is 0 Å². The molecule has 3 heteroatoms. The highest BCUT2D eigenvalue weighted by Gasteiger charge is 2.25. The van der Waals surface area contributed by atoms with E-state index in [2.05, 4.69) is 19.2 Å². The molecule has 20 heavy (non-hydrogen) atoms. The van der Waals surface area contributed by atoms with Crippen LogP contribution < -0.4 is 11.1 Å². The number of unbranched alkanes of at least 4 members (excludes halogenated alkanes) is 1. The van der Waals surface area contributed by atoms with Crippen LogP contribution in [0, 0.1) is 17.8 Å². The number of carbonyl (C=O) groups excluding carboxylic acids is 1. The fourth-order valence-corrected chi connectivity index (χ4v) is 3.13. The lowest BCUT2D eigenvalue weighted by Gasteiger charge is -2.27. The molecule has 0 aliphatic heterocycles. The zero-order valence-electron chi connectivity index (χ0n) is 13.5. The minimum atomic E-state index is 0.278. The third-order valence-corrected chi connectivity index (χ3v) is 4.76. The maximum absolute atomic E-state index is 12.1. The zero-order chi connectivity index (χ0) is 14.8. The van der Waals surface area contributed by atoms with Crippen LogP contribution in [-0.2, 0) is 4.79 Å². The Morgan fingerprint density at radius 3 is 2.55 bits per heavy atom. The maximum Gasteiger partial charge on any atom is 0.223 e. The van der Waals surface area contributed by atoms with Gasteiger partial charge in [-0.2, -0.15) is 0 Å². The molecule has 1 saturated carbocycles. The standard InChI is InChI=1S/C17H34N2O/c1-3-4-7-15-8-10-16(11-9-15)17(20)19-12-5-6-14(2)13-18/h14-16H,3-13,18H2,1-2H3,(H,19,20). The molecular formula is C17H34N2O. The molecule has 0 radical (unpaired) electrons. The van der Waals surface area contributed by atoms with E-state index in [1.165, 1.54) is 32.1 Å². The molecule has 0 bridgehead atoms. The van der Waals surface area contributed by atoms with Crippen molar-refractivity contribution in [2.45, 2.75) is 71.6 Å². The second-order valence-corrected chi connectivity index (χ2v) is 6.63. The Hall–Kier alpha value is -0.570. The van der Waals surface area contributed by atoms with Gasteiger partial charge >= 0.3 is 0 Å². The Balaban J connectivity index is 2.10. The average Bonchev–Trinajstić information content (AvgIpc) is 2.49. The summed E-state index contributed by atoms with van der Waals surface area (Å²) in [7, 11) is 0. The molecule has 0 aromatic rings. The fourth-order valence-electron chi connectivity index (χ4n) is 3.13. The molecule has 3 N–H and O–H groups in total. The first kappa shape index (κ1) is 17.5. The van der Waals surface area contributed by atoms with Gasteiger partial charge in [0.25, 0.3) is 0 Å². The van der Waals surface area contributed by atoms with E-state index in [-0.39, 0.29) is 5.92 Å². The minimum absolute atomic E-state index is 0.278. The van der Waals surface area contributed by atoms with Gasteiger partial charge in [0, 0.05) is 12.5 Å². The molecule has 0 heterocycles. The number of amides is 1. The van der Waals surface area contributed by atoms with Gasteiger partial charge in [-0.25, -0.2) is 0 Å². The predicted octanol–water partition coefficient (Wildman–Crippen LogP) is 3.47. The second kappa shape index (κ2) is 10.2. The lowest BCUT2D eigenvalue weighted by Crippen LogP contribution is -2.34. The molecule has 3 nitrogen and oxygen atoms in total. The lowest BCUT2D eigenvalue weighted by atomic mass is 9.79. The Morgan fingerprint density at radius 1 is 1.25 bits per heavy atom. The van der Waals surface area contributed by atoms with Gasteiger partial charge in [-0.05, 0) is 56.9 Å². The van der Waals surface area contributed by atoms with Crippen LogP contribution in [0.3, 0.4) is 0 Å². The highest BCUT2D eigenvalue weighted by atomic mass is 16.1. The van der Waals surface area contributed by atoms with Crippen molar-refractivity contribution in [3.05, 3.63) is 0 Å². The third kappa shape index (κ3) is 6.74. The molecule has 1 unspecified atom stereocenters. The van der Waals surface area contributed by atoms with Crippen LogP contribution in [0.4, 0.5) is 0 Å². The quantitative estimate of drug-likeness (QED) is 0.636. The van der Waals surface area contributed by atoms with Crippen LogP contribution in [0.5, 0.6) is 0 Å². The summed E-state index contributed by atoms with van der Waals surface area (Å²) in [5, 5.41) is 3.11. The molecule has 0 aromatic heterocycles. The summed E-state index contributed by atoms with van der Waals surface area (Å²) in [4.78, 5) is 12.1. The van der Waals surface area contributed by atoms with E-state index in [4.69, 9.17) is 5.73 Å². The highest BCUT2D eigenvalue weighted by Crippen LogP contribution is 2.31. The van der Waals surface area contributed by atoms with Crippen molar-refractivity contribution in [3.63, 3.8) is 0 Å². The predicted molar refractivity (Wildman–Crippen MR) is 85.4 cm³/mol. The summed E-state index contributed by atoms with van der Waals surface area (Å²) in [5.41, 5.74) is 5.59. The summed E-state index contributed by atoms with van der Waals surface area (Å²) >= 11 is 0. The van der Waals surface area contributed by atoms with E-state index in [0.29, 0.717) is 11.8 Å². The van der Waals surface area contributed by atoms with Gasteiger partial charge in [0.2, 0.25) is 5.91 Å². The van der Waals surface area contributed by atoms with Crippen LogP contribution >= 0.6 is 0 Å². The Kier molecular flexibility index (Phi) is 8.92. The van der Waals surface area contributed by atoms with E-state index in [1.807, 2.05) is 0 Å². The van der Waals surface area contributed by atoms with Gasteiger partial charge in [0.05, 0.1) is 0 Å². The van der Waals surface area contributed by atoms with Crippen LogP contribution in [0.2, 0.25) is 0 Å². The van der Waals surface area contributed by atoms with Crippen molar-refractivity contribution < 1.29 is 4.79 Å². The normalized spacial score (nSPS) is 24.4. The molecular weight excluding hydrogens is 248 g/mol. The molecule has 118 valence electrons. The van der Waals surface area contributed by atoms with E-state index in [1.54, 1.807) is 0 Å². The van der Waals surface area contributed by atoms with E-state index in [0.717, 1.165) is 44.7 Å². The smallest absolute Gasteiger partial charge is 0.223 e. The molecule has 1 aliphatic carbocycles. The van der Waals surface area contributed by atoms with Crippen LogP contribution in [-0.4, -0.2) is 19.0 Å². The van der Waals surface area contributed by atoms with Crippen molar-refractivity contribution in [1.82, 2.24) is 5.32 Å². The lowest BCUT2D eigenvalue weighted by molar-refractivity contribution is -0.126.